The molecule has 0 amide bonds. The third kappa shape index (κ3) is 1.86. The lowest BCUT2D eigenvalue weighted by Crippen LogP contribution is -2.12. The van der Waals surface area contributed by atoms with E-state index in [4.69, 9.17) is 4.74 Å². The molecular formula is C18H13NO3. The summed E-state index contributed by atoms with van der Waals surface area (Å²) in [5, 5.41) is 19.0. The van der Waals surface area contributed by atoms with E-state index < -0.39 is 0 Å². The molecule has 0 fully saturated rings. The Hall–Kier alpha value is -2.82. The van der Waals surface area contributed by atoms with Gasteiger partial charge in [-0.05, 0) is 23.3 Å². The highest BCUT2D eigenvalue weighted by Crippen LogP contribution is 2.49. The Morgan fingerprint density at radius 3 is 1.95 bits per heavy atom. The Bertz CT molecular complexity index is 858. The molecule has 4 nitrogen and oxygen atoms in total. The zero-order chi connectivity index (χ0) is 15.1. The van der Waals surface area contributed by atoms with Crippen LogP contribution < -0.4 is 9.96 Å². The van der Waals surface area contributed by atoms with Gasteiger partial charge in [-0.15, -0.1) is 5.23 Å². The standard InChI is InChI=1S/C18H13NO3/c20-19(21)16-10-5-9-15-13-7-2-1-6-12(13)14-8-3-4-11-17(14)22-18(15)16/h1-11,20-21H. The molecule has 0 aromatic heterocycles. The molecule has 0 radical (unpaired) electrons. The molecule has 0 unspecified atom stereocenters. The Kier molecular flexibility index (Phi) is 2.85. The number of benzene rings is 3. The molecule has 3 aromatic rings. The van der Waals surface area contributed by atoms with Crippen molar-refractivity contribution in [2.45, 2.75) is 0 Å². The fraction of sp³-hybridized carbons (Fsp3) is 0. The first-order valence-electron chi connectivity index (χ1n) is 6.93. The second-order valence-corrected chi connectivity index (χ2v) is 5.09. The minimum atomic E-state index is 0.0926. The van der Waals surface area contributed by atoms with E-state index in [1.54, 1.807) is 12.1 Å². The normalized spacial score (nSPS) is 11.5. The van der Waals surface area contributed by atoms with Gasteiger partial charge in [0, 0.05) is 11.1 Å². The van der Waals surface area contributed by atoms with Crippen LogP contribution in [0.1, 0.15) is 0 Å². The van der Waals surface area contributed by atoms with Crippen molar-refractivity contribution in [3.8, 4) is 33.8 Å². The number of anilines is 1. The predicted molar refractivity (Wildman–Crippen MR) is 83.4 cm³/mol. The molecule has 3 aromatic carbocycles. The average molecular weight is 291 g/mol. The number of ether oxygens (including phenoxy) is 1. The highest BCUT2D eigenvalue weighted by Gasteiger charge is 2.23. The fourth-order valence-corrected chi connectivity index (χ4v) is 2.84. The third-order valence-electron chi connectivity index (χ3n) is 3.82. The molecule has 1 aliphatic rings. The van der Waals surface area contributed by atoms with Gasteiger partial charge in [-0.2, -0.15) is 0 Å². The van der Waals surface area contributed by atoms with Gasteiger partial charge in [-0.3, -0.25) is 10.4 Å². The molecule has 22 heavy (non-hydrogen) atoms. The Morgan fingerprint density at radius 1 is 0.636 bits per heavy atom. The molecular weight excluding hydrogens is 278 g/mol. The molecule has 4 rings (SSSR count). The SMILES string of the molecule is ON(O)c1cccc2c1Oc1ccccc1-c1ccccc1-2. The topological polar surface area (TPSA) is 52.9 Å². The van der Waals surface area contributed by atoms with E-state index in [0.717, 1.165) is 22.3 Å². The summed E-state index contributed by atoms with van der Waals surface area (Å²) in [5.41, 5.74) is 4.03. The van der Waals surface area contributed by atoms with E-state index in [9.17, 15) is 10.4 Å². The maximum Gasteiger partial charge on any atom is 0.163 e. The van der Waals surface area contributed by atoms with Crippen LogP contribution in [-0.2, 0) is 0 Å². The van der Waals surface area contributed by atoms with Crippen LogP contribution in [-0.4, -0.2) is 10.4 Å². The van der Waals surface area contributed by atoms with Crippen LogP contribution in [0.5, 0.6) is 11.5 Å². The summed E-state index contributed by atoms with van der Waals surface area (Å²) in [6.45, 7) is 0. The van der Waals surface area contributed by atoms with Gasteiger partial charge in [0.25, 0.3) is 0 Å². The lowest BCUT2D eigenvalue weighted by Gasteiger charge is -2.16. The molecule has 4 heteroatoms. The second kappa shape index (κ2) is 4.87. The van der Waals surface area contributed by atoms with Crippen LogP contribution in [0.25, 0.3) is 22.3 Å². The van der Waals surface area contributed by atoms with Crippen molar-refractivity contribution in [2.75, 3.05) is 5.23 Å². The van der Waals surface area contributed by atoms with Gasteiger partial charge >= 0.3 is 0 Å². The summed E-state index contributed by atoms with van der Waals surface area (Å²) < 4.78 is 6.02. The molecule has 0 saturated heterocycles. The number of para-hydroxylation sites is 2. The molecule has 1 aliphatic heterocycles. The third-order valence-corrected chi connectivity index (χ3v) is 3.82. The van der Waals surface area contributed by atoms with E-state index in [1.807, 2.05) is 54.6 Å². The van der Waals surface area contributed by atoms with E-state index >= 15 is 0 Å². The monoisotopic (exact) mass is 291 g/mol. The number of hydrogen-bond donors (Lipinski definition) is 2. The van der Waals surface area contributed by atoms with Crippen molar-refractivity contribution >= 4 is 5.69 Å². The fourth-order valence-electron chi connectivity index (χ4n) is 2.84. The molecule has 0 spiro atoms. The Labute approximate surface area is 127 Å². The maximum atomic E-state index is 9.48. The largest absolute Gasteiger partial charge is 0.454 e. The molecule has 0 atom stereocenters. The smallest absolute Gasteiger partial charge is 0.163 e. The molecule has 1 heterocycles. The van der Waals surface area contributed by atoms with Gasteiger partial charge in [-0.25, -0.2) is 0 Å². The molecule has 2 N–H and O–H groups in total. The lowest BCUT2D eigenvalue weighted by atomic mass is 9.94. The van der Waals surface area contributed by atoms with E-state index in [-0.39, 0.29) is 10.9 Å². The van der Waals surface area contributed by atoms with Gasteiger partial charge in [-0.1, -0.05) is 54.6 Å². The van der Waals surface area contributed by atoms with Gasteiger partial charge < -0.3 is 4.74 Å². The minimum Gasteiger partial charge on any atom is -0.454 e. The number of fused-ring (bicyclic) bond motifs is 5. The van der Waals surface area contributed by atoms with E-state index in [2.05, 4.69) is 0 Å². The van der Waals surface area contributed by atoms with Crippen molar-refractivity contribution in [1.82, 2.24) is 0 Å². The van der Waals surface area contributed by atoms with Crippen LogP contribution in [0, 0.1) is 0 Å². The first kappa shape index (κ1) is 12.9. The predicted octanol–water partition coefficient (Wildman–Crippen LogP) is 4.71. The summed E-state index contributed by atoms with van der Waals surface area (Å²) in [4.78, 5) is 0. The highest BCUT2D eigenvalue weighted by molar-refractivity contribution is 5.92. The van der Waals surface area contributed by atoms with Crippen molar-refractivity contribution in [3.63, 3.8) is 0 Å². The molecule has 0 aliphatic carbocycles. The highest BCUT2D eigenvalue weighted by atomic mass is 16.8. The van der Waals surface area contributed by atoms with Crippen LogP contribution in [0.4, 0.5) is 5.69 Å². The lowest BCUT2D eigenvalue weighted by molar-refractivity contribution is 0.0282. The van der Waals surface area contributed by atoms with Crippen molar-refractivity contribution in [3.05, 3.63) is 66.7 Å². The van der Waals surface area contributed by atoms with Crippen LogP contribution in [0.15, 0.2) is 66.7 Å². The van der Waals surface area contributed by atoms with Crippen molar-refractivity contribution in [2.24, 2.45) is 0 Å². The van der Waals surface area contributed by atoms with Gasteiger partial charge in [0.2, 0.25) is 0 Å². The minimum absolute atomic E-state index is 0.0926. The summed E-state index contributed by atoms with van der Waals surface area (Å²) in [7, 11) is 0. The first-order chi connectivity index (χ1) is 10.8. The van der Waals surface area contributed by atoms with Crippen LogP contribution in [0.2, 0.25) is 0 Å². The summed E-state index contributed by atoms with van der Waals surface area (Å²) in [6, 6.07) is 21.0. The average Bonchev–Trinajstić information content (AvgIpc) is 2.69. The van der Waals surface area contributed by atoms with E-state index in [0.29, 0.717) is 11.5 Å². The van der Waals surface area contributed by atoms with Gasteiger partial charge in [0.1, 0.15) is 11.4 Å². The number of rotatable bonds is 1. The Morgan fingerprint density at radius 2 is 1.23 bits per heavy atom. The zero-order valence-corrected chi connectivity index (χ0v) is 11.6. The summed E-state index contributed by atoms with van der Waals surface area (Å²) in [6.07, 6.45) is 0. The summed E-state index contributed by atoms with van der Waals surface area (Å²) >= 11 is 0. The van der Waals surface area contributed by atoms with E-state index in [1.165, 1.54) is 0 Å². The van der Waals surface area contributed by atoms with Crippen LogP contribution >= 0.6 is 0 Å². The number of nitrogens with zero attached hydrogens (tertiary/aromatic N) is 1. The zero-order valence-electron chi connectivity index (χ0n) is 11.6. The molecule has 0 saturated carbocycles. The van der Waals surface area contributed by atoms with Crippen LogP contribution in [0.3, 0.4) is 0 Å². The maximum absolute atomic E-state index is 9.48. The quantitative estimate of drug-likeness (QED) is 0.499. The second-order valence-electron chi connectivity index (χ2n) is 5.09. The first-order valence-corrected chi connectivity index (χ1v) is 6.93. The van der Waals surface area contributed by atoms with Gasteiger partial charge in [0.15, 0.2) is 5.75 Å². The Balaban J connectivity index is 2.10. The van der Waals surface area contributed by atoms with Gasteiger partial charge in [0.05, 0.1) is 0 Å². The van der Waals surface area contributed by atoms with Crippen molar-refractivity contribution < 1.29 is 15.2 Å². The number of hydrogen-bond acceptors (Lipinski definition) is 4. The molecule has 0 bridgehead atoms. The van der Waals surface area contributed by atoms with Crippen molar-refractivity contribution in [1.29, 1.82) is 0 Å². The molecule has 108 valence electrons. The summed E-state index contributed by atoms with van der Waals surface area (Å²) in [5.74, 6) is 1.10.